The zero-order chi connectivity index (χ0) is 16.1. The summed E-state index contributed by atoms with van der Waals surface area (Å²) in [5.41, 5.74) is 1.02. The topological polar surface area (TPSA) is 52.9 Å². The highest BCUT2D eigenvalue weighted by Crippen LogP contribution is 2.31. The Bertz CT molecular complexity index is 844. The first-order chi connectivity index (χ1) is 11.3. The third-order valence-corrected chi connectivity index (χ3v) is 5.55. The smallest absolute Gasteiger partial charge is 0.251 e. The average molecular weight is 338 g/mol. The number of rotatable bonds is 5. The third-order valence-electron chi connectivity index (χ3n) is 3.34. The lowest BCUT2D eigenvalue weighted by Gasteiger charge is -2.04. The summed E-state index contributed by atoms with van der Waals surface area (Å²) in [6.45, 7) is 0.583. The summed E-state index contributed by atoms with van der Waals surface area (Å²) in [7, 11) is 0. The fraction of sp³-hybridized carbons (Fsp3) is 0.111. The standard InChI is InChI=1S/C18H14N2OS2/c19-12-13-3-1-4-14(11-13)18(21)20-9-8-15-6-7-17(23-15)16-5-2-10-22-16/h1-7,10-11H,8-9H2,(H,20,21). The van der Waals surface area contributed by atoms with E-state index in [4.69, 9.17) is 5.26 Å². The van der Waals surface area contributed by atoms with Crippen LogP contribution in [0.2, 0.25) is 0 Å². The first kappa shape index (κ1) is 15.5. The predicted molar refractivity (Wildman–Crippen MR) is 94.8 cm³/mol. The molecule has 0 bridgehead atoms. The molecule has 2 aromatic heterocycles. The molecule has 23 heavy (non-hydrogen) atoms. The molecule has 0 fully saturated rings. The Hall–Kier alpha value is -2.42. The van der Waals surface area contributed by atoms with Gasteiger partial charge in [0, 0.05) is 26.7 Å². The van der Waals surface area contributed by atoms with Crippen molar-refractivity contribution in [3.8, 4) is 15.8 Å². The number of nitrogens with one attached hydrogen (secondary N) is 1. The van der Waals surface area contributed by atoms with Crippen molar-refractivity contribution in [2.24, 2.45) is 0 Å². The van der Waals surface area contributed by atoms with Gasteiger partial charge in [-0.15, -0.1) is 22.7 Å². The largest absolute Gasteiger partial charge is 0.352 e. The summed E-state index contributed by atoms with van der Waals surface area (Å²) in [6.07, 6.45) is 0.805. The van der Waals surface area contributed by atoms with Crippen molar-refractivity contribution in [3.63, 3.8) is 0 Å². The molecule has 0 saturated carbocycles. The van der Waals surface area contributed by atoms with E-state index in [0.717, 1.165) is 6.42 Å². The highest BCUT2D eigenvalue weighted by atomic mass is 32.1. The van der Waals surface area contributed by atoms with E-state index in [1.165, 1.54) is 14.6 Å². The number of benzene rings is 1. The van der Waals surface area contributed by atoms with Crippen LogP contribution in [0.3, 0.4) is 0 Å². The molecule has 0 aliphatic carbocycles. The van der Waals surface area contributed by atoms with Gasteiger partial charge < -0.3 is 5.32 Å². The molecule has 0 radical (unpaired) electrons. The van der Waals surface area contributed by atoms with Crippen LogP contribution in [0.1, 0.15) is 20.8 Å². The van der Waals surface area contributed by atoms with E-state index in [0.29, 0.717) is 17.7 Å². The number of thiophene rings is 2. The van der Waals surface area contributed by atoms with Crippen molar-refractivity contribution in [3.05, 3.63) is 69.9 Å². The van der Waals surface area contributed by atoms with E-state index in [-0.39, 0.29) is 5.91 Å². The number of nitriles is 1. The maximum Gasteiger partial charge on any atom is 0.251 e. The first-order valence-electron chi connectivity index (χ1n) is 7.17. The zero-order valence-electron chi connectivity index (χ0n) is 12.3. The minimum Gasteiger partial charge on any atom is -0.352 e. The number of carbonyl (C=O) groups is 1. The molecular weight excluding hydrogens is 324 g/mol. The molecule has 1 amide bonds. The van der Waals surface area contributed by atoms with Crippen molar-refractivity contribution in [2.45, 2.75) is 6.42 Å². The molecule has 2 heterocycles. The van der Waals surface area contributed by atoms with Gasteiger partial charge in [-0.2, -0.15) is 5.26 Å². The van der Waals surface area contributed by atoms with Gasteiger partial charge in [0.05, 0.1) is 11.6 Å². The number of carbonyl (C=O) groups excluding carboxylic acids is 1. The van der Waals surface area contributed by atoms with E-state index in [9.17, 15) is 4.79 Å². The van der Waals surface area contributed by atoms with Crippen molar-refractivity contribution < 1.29 is 4.79 Å². The normalized spacial score (nSPS) is 10.2. The van der Waals surface area contributed by atoms with Gasteiger partial charge in [-0.1, -0.05) is 12.1 Å². The van der Waals surface area contributed by atoms with Gasteiger partial charge >= 0.3 is 0 Å². The molecule has 0 atom stereocenters. The predicted octanol–water partition coefficient (Wildman–Crippen LogP) is 4.32. The molecule has 1 N–H and O–H groups in total. The number of hydrogen-bond acceptors (Lipinski definition) is 4. The molecule has 3 nitrogen and oxygen atoms in total. The zero-order valence-corrected chi connectivity index (χ0v) is 13.9. The van der Waals surface area contributed by atoms with Crippen LogP contribution >= 0.6 is 22.7 Å². The maximum atomic E-state index is 12.1. The highest BCUT2D eigenvalue weighted by Gasteiger charge is 2.07. The summed E-state index contributed by atoms with van der Waals surface area (Å²) < 4.78 is 0. The Morgan fingerprint density at radius 1 is 1.13 bits per heavy atom. The lowest BCUT2D eigenvalue weighted by Crippen LogP contribution is -2.25. The number of hydrogen-bond donors (Lipinski definition) is 1. The van der Waals surface area contributed by atoms with Gasteiger partial charge in [-0.25, -0.2) is 0 Å². The van der Waals surface area contributed by atoms with E-state index >= 15 is 0 Å². The summed E-state index contributed by atoms with van der Waals surface area (Å²) in [4.78, 5) is 15.9. The van der Waals surface area contributed by atoms with Gasteiger partial charge in [0.1, 0.15) is 0 Å². The second-order valence-electron chi connectivity index (χ2n) is 4.94. The monoisotopic (exact) mass is 338 g/mol. The average Bonchev–Trinajstić information content (AvgIpc) is 3.26. The third kappa shape index (κ3) is 3.86. The Kier molecular flexibility index (Phi) is 4.86. The van der Waals surface area contributed by atoms with E-state index in [1.807, 2.05) is 6.07 Å². The Morgan fingerprint density at radius 3 is 2.83 bits per heavy atom. The fourth-order valence-electron chi connectivity index (χ4n) is 2.19. The van der Waals surface area contributed by atoms with Gasteiger partial charge in [-0.05, 0) is 48.2 Å². The Morgan fingerprint density at radius 2 is 2.04 bits per heavy atom. The maximum absolute atomic E-state index is 12.1. The van der Waals surface area contributed by atoms with Crippen LogP contribution in [0.5, 0.6) is 0 Å². The van der Waals surface area contributed by atoms with Gasteiger partial charge in [0.2, 0.25) is 0 Å². The summed E-state index contributed by atoms with van der Waals surface area (Å²) >= 11 is 3.49. The highest BCUT2D eigenvalue weighted by molar-refractivity contribution is 7.21. The lowest BCUT2D eigenvalue weighted by molar-refractivity contribution is 0.0954. The molecule has 3 rings (SSSR count). The van der Waals surface area contributed by atoms with Crippen molar-refractivity contribution in [1.82, 2.24) is 5.32 Å². The van der Waals surface area contributed by atoms with Crippen LogP contribution in [0.4, 0.5) is 0 Å². The fourth-order valence-corrected chi connectivity index (χ4v) is 4.04. The van der Waals surface area contributed by atoms with Crippen LogP contribution in [0.15, 0.2) is 53.9 Å². The van der Waals surface area contributed by atoms with E-state index in [2.05, 4.69) is 35.0 Å². The van der Waals surface area contributed by atoms with E-state index in [1.54, 1.807) is 46.9 Å². The Labute approximate surface area is 142 Å². The van der Waals surface area contributed by atoms with Crippen LogP contribution in [0, 0.1) is 11.3 Å². The van der Waals surface area contributed by atoms with Crippen molar-refractivity contribution >= 4 is 28.6 Å². The number of amides is 1. The van der Waals surface area contributed by atoms with E-state index < -0.39 is 0 Å². The molecule has 0 unspecified atom stereocenters. The summed E-state index contributed by atoms with van der Waals surface area (Å²) in [5.74, 6) is -0.142. The van der Waals surface area contributed by atoms with Crippen LogP contribution < -0.4 is 5.32 Å². The number of nitrogens with zero attached hydrogens (tertiary/aromatic N) is 1. The molecule has 0 spiro atoms. The first-order valence-corrected chi connectivity index (χ1v) is 8.87. The minimum atomic E-state index is -0.142. The SMILES string of the molecule is N#Cc1cccc(C(=O)NCCc2ccc(-c3cccs3)s2)c1. The minimum absolute atomic E-state index is 0.142. The van der Waals surface area contributed by atoms with Gasteiger partial charge in [0.15, 0.2) is 0 Å². The molecule has 0 saturated heterocycles. The van der Waals surface area contributed by atoms with Crippen LogP contribution in [-0.4, -0.2) is 12.5 Å². The second kappa shape index (κ2) is 7.23. The molecule has 1 aromatic carbocycles. The summed E-state index contributed by atoms with van der Waals surface area (Å²) in [6, 6.07) is 17.2. The van der Waals surface area contributed by atoms with Crippen LogP contribution in [-0.2, 0) is 6.42 Å². The molecule has 5 heteroatoms. The molecular formula is C18H14N2OS2. The molecule has 0 aliphatic rings. The van der Waals surface area contributed by atoms with Crippen LogP contribution in [0.25, 0.3) is 9.75 Å². The Balaban J connectivity index is 1.55. The molecule has 3 aromatic rings. The lowest BCUT2D eigenvalue weighted by atomic mass is 10.1. The molecule has 114 valence electrons. The van der Waals surface area contributed by atoms with Gasteiger partial charge in [0.25, 0.3) is 5.91 Å². The van der Waals surface area contributed by atoms with Crippen molar-refractivity contribution in [2.75, 3.05) is 6.54 Å². The summed E-state index contributed by atoms with van der Waals surface area (Å²) in [5, 5.41) is 13.8. The molecule has 0 aliphatic heterocycles. The second-order valence-corrected chi connectivity index (χ2v) is 7.06. The quantitative estimate of drug-likeness (QED) is 0.753. The van der Waals surface area contributed by atoms with Crippen molar-refractivity contribution in [1.29, 1.82) is 5.26 Å². The van der Waals surface area contributed by atoms with Gasteiger partial charge in [-0.3, -0.25) is 4.79 Å².